The number of hydrogen-bond acceptors (Lipinski definition) is 5. The highest BCUT2D eigenvalue weighted by atomic mass is 32.2. The Hall–Kier alpha value is -4.65. The topological polar surface area (TPSA) is 43.6 Å². The van der Waals surface area contributed by atoms with Gasteiger partial charge in [0.05, 0.1) is 21.9 Å². The molecule has 260 valence electrons. The van der Waals surface area contributed by atoms with Gasteiger partial charge in [-0.1, -0.05) is 121 Å². The molecule has 0 spiro atoms. The number of carbonyl (C=O) groups excluding carboxylic acids is 1. The molecule has 4 nitrogen and oxygen atoms in total. The van der Waals surface area contributed by atoms with Crippen molar-refractivity contribution >= 4 is 44.5 Å². The first kappa shape index (κ1) is 33.2. The SMILES string of the molecule is O=C1C(c2sc(N3CCCCC3)c(-c3ccccc3)c2-c2ccccc2)=C(O)/C1=C1/SC(=[N+]2CCCCC2)[C@@H](c2ccccc2)[C@H]1c1ccccc1. The number of benzene rings is 4. The van der Waals surface area contributed by atoms with Gasteiger partial charge in [0.1, 0.15) is 23.8 Å². The normalized spacial score (nSPS) is 22.2. The van der Waals surface area contributed by atoms with Crippen LogP contribution in [0.5, 0.6) is 0 Å². The maximum Gasteiger partial charge on any atom is 0.223 e. The van der Waals surface area contributed by atoms with E-state index in [0.29, 0.717) is 11.1 Å². The monoisotopic (exact) mass is 719 g/mol. The summed E-state index contributed by atoms with van der Waals surface area (Å²) >= 11 is 3.42. The second-order valence-electron chi connectivity index (χ2n) is 14.3. The lowest BCUT2D eigenvalue weighted by atomic mass is 9.76. The third kappa shape index (κ3) is 5.86. The molecule has 2 atom stereocenters. The van der Waals surface area contributed by atoms with Gasteiger partial charge < -0.3 is 10.0 Å². The molecule has 1 N–H and O–H groups in total. The highest BCUT2D eigenvalue weighted by Crippen LogP contribution is 2.60. The molecule has 0 radical (unpaired) electrons. The third-order valence-corrected chi connectivity index (χ3v) is 13.8. The molecule has 1 aromatic heterocycles. The molecule has 3 fully saturated rings. The first-order valence-corrected chi connectivity index (χ1v) is 20.5. The number of rotatable bonds is 6. The summed E-state index contributed by atoms with van der Waals surface area (Å²) in [6, 6.07) is 42.5. The van der Waals surface area contributed by atoms with Crippen LogP contribution < -0.4 is 4.90 Å². The van der Waals surface area contributed by atoms with E-state index in [1.165, 1.54) is 46.9 Å². The van der Waals surface area contributed by atoms with Crippen LogP contribution in [-0.4, -0.2) is 46.7 Å². The molecule has 9 rings (SSSR count). The summed E-state index contributed by atoms with van der Waals surface area (Å²) in [5.74, 6) is 0.0870. The van der Waals surface area contributed by atoms with Crippen molar-refractivity contribution in [2.24, 2.45) is 0 Å². The lowest BCUT2D eigenvalue weighted by Crippen LogP contribution is -2.29. The highest BCUT2D eigenvalue weighted by Gasteiger charge is 2.51. The lowest BCUT2D eigenvalue weighted by Gasteiger charge is -2.29. The summed E-state index contributed by atoms with van der Waals surface area (Å²) in [6.45, 7) is 4.03. The van der Waals surface area contributed by atoms with E-state index in [2.05, 4.69) is 125 Å². The van der Waals surface area contributed by atoms with Crippen LogP contribution in [0.3, 0.4) is 0 Å². The molecule has 0 unspecified atom stereocenters. The van der Waals surface area contributed by atoms with Crippen LogP contribution >= 0.6 is 23.1 Å². The summed E-state index contributed by atoms with van der Waals surface area (Å²) < 4.78 is 2.56. The van der Waals surface area contributed by atoms with Crippen molar-refractivity contribution in [3.8, 4) is 22.3 Å². The van der Waals surface area contributed by atoms with Crippen LogP contribution in [0, 0.1) is 0 Å². The van der Waals surface area contributed by atoms with E-state index in [1.807, 2.05) is 6.07 Å². The van der Waals surface area contributed by atoms with Crippen molar-refractivity contribution in [1.82, 2.24) is 0 Å². The number of piperidine rings is 2. The van der Waals surface area contributed by atoms with E-state index in [4.69, 9.17) is 0 Å². The molecule has 52 heavy (non-hydrogen) atoms. The van der Waals surface area contributed by atoms with Crippen LogP contribution in [0.1, 0.15) is 66.4 Å². The summed E-state index contributed by atoms with van der Waals surface area (Å²) in [5, 5.41) is 14.9. The zero-order valence-electron chi connectivity index (χ0n) is 29.3. The quantitative estimate of drug-likeness (QED) is 0.140. The van der Waals surface area contributed by atoms with Gasteiger partial charge in [-0.25, -0.2) is 4.58 Å². The predicted molar refractivity (Wildman–Crippen MR) is 218 cm³/mol. The Morgan fingerprint density at radius 1 is 0.596 bits per heavy atom. The first-order chi connectivity index (χ1) is 25.7. The van der Waals surface area contributed by atoms with Crippen molar-refractivity contribution < 1.29 is 14.5 Å². The molecular weight excluding hydrogens is 677 g/mol. The second-order valence-corrected chi connectivity index (χ2v) is 16.4. The first-order valence-electron chi connectivity index (χ1n) is 18.8. The van der Waals surface area contributed by atoms with E-state index in [-0.39, 0.29) is 23.4 Å². The van der Waals surface area contributed by atoms with Gasteiger partial charge >= 0.3 is 0 Å². The number of thioether (sulfide) groups is 1. The number of nitrogens with zero attached hydrogens (tertiary/aromatic N) is 2. The number of ketones is 1. The Bertz CT molecular complexity index is 2190. The molecule has 4 aliphatic rings. The molecule has 6 heteroatoms. The van der Waals surface area contributed by atoms with Gasteiger partial charge in [-0.05, 0) is 59.7 Å². The van der Waals surface area contributed by atoms with Gasteiger partial charge in [-0.3, -0.25) is 4.79 Å². The molecule has 5 aromatic rings. The Balaban J connectivity index is 1.27. The van der Waals surface area contributed by atoms with Gasteiger partial charge in [-0.2, -0.15) is 0 Å². The van der Waals surface area contributed by atoms with Crippen LogP contribution in [0.2, 0.25) is 0 Å². The molecule has 0 amide bonds. The summed E-state index contributed by atoms with van der Waals surface area (Å²) in [4.78, 5) is 19.3. The second kappa shape index (κ2) is 14.4. The molecule has 4 heterocycles. The van der Waals surface area contributed by atoms with Crippen molar-refractivity contribution in [1.29, 1.82) is 0 Å². The standard InChI is InChI=1S/C46H42N2O2S2/c49-41-39(43-35(31-19-7-1-8-20-31)37(33-23-11-3-12-24-33)45(51-43)47-27-15-5-16-28-47)42(50)40(41)44-36(32-21-9-2-10-22-32)38(34-25-13-4-14-26-34)46(52-44)48-29-17-6-18-30-48/h1-4,7-14,19-26,35,37H,5-6,15-18,27-30H2/p+1/t35-,37+/m1/s1. The van der Waals surface area contributed by atoms with E-state index in [1.54, 1.807) is 23.1 Å². The Kier molecular flexibility index (Phi) is 9.20. The number of thiophene rings is 1. The van der Waals surface area contributed by atoms with E-state index >= 15 is 0 Å². The fourth-order valence-electron chi connectivity index (χ4n) is 8.62. The molecule has 0 bridgehead atoms. The van der Waals surface area contributed by atoms with Crippen LogP contribution in [0.4, 0.5) is 5.00 Å². The van der Waals surface area contributed by atoms with Gasteiger partial charge in [0.2, 0.25) is 10.8 Å². The average molecular weight is 720 g/mol. The molecule has 0 saturated carbocycles. The minimum absolute atomic E-state index is 0.0455. The molecule has 1 aliphatic carbocycles. The van der Waals surface area contributed by atoms with Crippen molar-refractivity contribution in [3.05, 3.63) is 154 Å². The molecule has 4 aromatic carbocycles. The van der Waals surface area contributed by atoms with Crippen LogP contribution in [0.15, 0.2) is 138 Å². The van der Waals surface area contributed by atoms with Crippen LogP contribution in [-0.2, 0) is 4.79 Å². The fourth-order valence-corrected chi connectivity index (χ4v) is 11.7. The molecular formula is C46H43N2O2S2+. The summed E-state index contributed by atoms with van der Waals surface area (Å²) in [7, 11) is 0. The number of Topliss-reactive ketones (excluding diaryl/α,β-unsaturated/α-hetero) is 1. The minimum atomic E-state index is -0.0751. The number of aliphatic hydroxyl groups is 1. The van der Waals surface area contributed by atoms with Gasteiger partial charge in [0.15, 0.2) is 0 Å². The lowest BCUT2D eigenvalue weighted by molar-refractivity contribution is -0.536. The fraction of sp³-hybridized carbons (Fsp3) is 0.261. The predicted octanol–water partition coefficient (Wildman–Crippen LogP) is 11.1. The number of aliphatic hydroxyl groups excluding tert-OH is 1. The molecule has 3 saturated heterocycles. The Labute approximate surface area is 314 Å². The van der Waals surface area contributed by atoms with Crippen molar-refractivity contribution in [2.45, 2.75) is 50.4 Å². The van der Waals surface area contributed by atoms with Crippen LogP contribution in [0.25, 0.3) is 27.8 Å². The van der Waals surface area contributed by atoms with Crippen molar-refractivity contribution in [2.75, 3.05) is 31.1 Å². The maximum atomic E-state index is 15.0. The number of carbonyl (C=O) groups is 1. The Morgan fingerprint density at radius 3 is 1.69 bits per heavy atom. The highest BCUT2D eigenvalue weighted by molar-refractivity contribution is 8.17. The summed E-state index contributed by atoms with van der Waals surface area (Å²) in [5.41, 5.74) is 7.77. The van der Waals surface area contributed by atoms with Gasteiger partial charge in [-0.15, -0.1) is 11.3 Å². The van der Waals surface area contributed by atoms with E-state index in [9.17, 15) is 9.90 Å². The maximum absolute atomic E-state index is 15.0. The van der Waals surface area contributed by atoms with Crippen molar-refractivity contribution in [3.63, 3.8) is 0 Å². The van der Waals surface area contributed by atoms with E-state index < -0.39 is 0 Å². The zero-order chi connectivity index (χ0) is 35.0. The Morgan fingerprint density at radius 2 is 1.12 bits per heavy atom. The largest absolute Gasteiger partial charge is 0.506 e. The van der Waals surface area contributed by atoms with Gasteiger partial charge in [0, 0.05) is 47.9 Å². The summed E-state index contributed by atoms with van der Waals surface area (Å²) in [6.07, 6.45) is 7.14. The minimum Gasteiger partial charge on any atom is -0.506 e. The smallest absolute Gasteiger partial charge is 0.223 e. The number of hydrogen-bond donors (Lipinski definition) is 1. The average Bonchev–Trinajstić information content (AvgIpc) is 3.80. The molecule has 3 aliphatic heterocycles. The number of anilines is 1. The number of allylic oxidation sites excluding steroid dienone is 3. The van der Waals surface area contributed by atoms with E-state index in [0.717, 1.165) is 71.1 Å². The van der Waals surface area contributed by atoms with Gasteiger partial charge in [0.25, 0.3) is 0 Å². The zero-order valence-corrected chi connectivity index (χ0v) is 31.0. The third-order valence-electron chi connectivity index (χ3n) is 11.1.